The zero-order valence-corrected chi connectivity index (χ0v) is 11.2. The van der Waals surface area contributed by atoms with Gasteiger partial charge in [-0.3, -0.25) is 4.79 Å². The molecule has 2 unspecified atom stereocenters. The highest BCUT2D eigenvalue weighted by Crippen LogP contribution is 2.20. The second-order valence-corrected chi connectivity index (χ2v) is 4.99. The Morgan fingerprint density at radius 3 is 2.82 bits per heavy atom. The topological polar surface area (TPSA) is 65.8 Å². The van der Waals surface area contributed by atoms with Gasteiger partial charge in [0.25, 0.3) is 0 Å². The number of amides is 1. The van der Waals surface area contributed by atoms with Crippen LogP contribution in [-0.4, -0.2) is 10.9 Å². The Morgan fingerprint density at radius 1 is 1.65 bits per heavy atom. The number of nitrogens with one attached hydrogen (secondary N) is 1. The molecule has 0 aliphatic carbocycles. The van der Waals surface area contributed by atoms with E-state index in [0.717, 1.165) is 11.4 Å². The summed E-state index contributed by atoms with van der Waals surface area (Å²) in [6.07, 6.45) is 3.32. The quantitative estimate of drug-likeness (QED) is 0.874. The molecule has 0 fully saturated rings. The molecule has 17 heavy (non-hydrogen) atoms. The molecule has 0 radical (unpaired) electrons. The summed E-state index contributed by atoms with van der Waals surface area (Å²) in [7, 11) is 0. The zero-order chi connectivity index (χ0) is 12.8. The van der Waals surface area contributed by atoms with Crippen LogP contribution in [0.2, 0.25) is 0 Å². The third kappa shape index (κ3) is 3.53. The Balaban J connectivity index is 2.63. The number of hydrogen-bond donors (Lipinski definition) is 1. The van der Waals surface area contributed by atoms with Crippen LogP contribution in [0, 0.1) is 17.2 Å². The molecule has 0 saturated heterocycles. The van der Waals surface area contributed by atoms with Crippen molar-refractivity contribution in [3.05, 3.63) is 16.1 Å². The molecule has 1 amide bonds. The molecule has 0 aromatic carbocycles. The lowest BCUT2D eigenvalue weighted by Crippen LogP contribution is -2.31. The van der Waals surface area contributed by atoms with Gasteiger partial charge in [0.1, 0.15) is 10.9 Å². The average Bonchev–Trinajstić information content (AvgIpc) is 2.79. The van der Waals surface area contributed by atoms with E-state index in [-0.39, 0.29) is 11.9 Å². The lowest BCUT2D eigenvalue weighted by Gasteiger charge is -2.13. The van der Waals surface area contributed by atoms with Crippen molar-refractivity contribution < 1.29 is 4.79 Å². The maximum absolute atomic E-state index is 11.7. The molecule has 0 spiro atoms. The molecular formula is C12H17N3OS. The zero-order valence-electron chi connectivity index (χ0n) is 10.4. The monoisotopic (exact) mass is 251 g/mol. The number of nitriles is 1. The molecule has 0 aliphatic heterocycles. The lowest BCUT2D eigenvalue weighted by molar-refractivity contribution is -0.124. The van der Waals surface area contributed by atoms with Crippen LogP contribution in [0.4, 0.5) is 0 Å². The van der Waals surface area contributed by atoms with Crippen molar-refractivity contribution in [2.24, 2.45) is 5.92 Å². The van der Waals surface area contributed by atoms with Crippen LogP contribution in [0.25, 0.3) is 0 Å². The summed E-state index contributed by atoms with van der Waals surface area (Å²) in [5.41, 5.74) is 0. The average molecular weight is 251 g/mol. The largest absolute Gasteiger partial charge is 0.346 e. The van der Waals surface area contributed by atoms with Gasteiger partial charge in [0.05, 0.1) is 12.1 Å². The Bertz CT molecular complexity index is 422. The predicted molar refractivity (Wildman–Crippen MR) is 67.4 cm³/mol. The second kappa shape index (κ2) is 6.36. The number of rotatable bonds is 5. The number of aryl methyl sites for hydroxylation is 1. The van der Waals surface area contributed by atoms with E-state index in [1.54, 1.807) is 11.3 Å². The molecule has 1 heterocycles. The van der Waals surface area contributed by atoms with Gasteiger partial charge in [0, 0.05) is 11.1 Å². The maximum atomic E-state index is 11.7. The van der Waals surface area contributed by atoms with Crippen molar-refractivity contribution in [3.63, 3.8) is 0 Å². The second-order valence-electron chi connectivity index (χ2n) is 3.84. The summed E-state index contributed by atoms with van der Waals surface area (Å²) in [6.45, 7) is 5.79. The summed E-state index contributed by atoms with van der Waals surface area (Å²) in [6, 6.07) is 1.87. The van der Waals surface area contributed by atoms with Gasteiger partial charge in [-0.1, -0.05) is 13.8 Å². The molecule has 0 bridgehead atoms. The van der Waals surface area contributed by atoms with Crippen molar-refractivity contribution >= 4 is 17.2 Å². The van der Waals surface area contributed by atoms with E-state index in [2.05, 4.69) is 17.2 Å². The molecule has 2 atom stereocenters. The Hall–Kier alpha value is -1.41. The third-order valence-electron chi connectivity index (χ3n) is 2.53. The maximum Gasteiger partial charge on any atom is 0.237 e. The minimum absolute atomic E-state index is 0.129. The number of carbonyl (C=O) groups excluding carboxylic acids is 1. The van der Waals surface area contributed by atoms with Crippen molar-refractivity contribution in [1.29, 1.82) is 5.26 Å². The van der Waals surface area contributed by atoms with Gasteiger partial charge in [-0.2, -0.15) is 5.26 Å². The van der Waals surface area contributed by atoms with E-state index in [1.807, 2.05) is 26.1 Å². The van der Waals surface area contributed by atoms with Crippen molar-refractivity contribution in [3.8, 4) is 6.07 Å². The Labute approximate surface area is 106 Å². The summed E-state index contributed by atoms with van der Waals surface area (Å²) in [5.74, 6) is -0.779. The molecular weight excluding hydrogens is 234 g/mol. The van der Waals surface area contributed by atoms with Gasteiger partial charge < -0.3 is 5.32 Å². The van der Waals surface area contributed by atoms with Crippen LogP contribution in [0.5, 0.6) is 0 Å². The first-order valence-electron chi connectivity index (χ1n) is 5.76. The first-order valence-corrected chi connectivity index (χ1v) is 6.58. The number of aromatic nitrogens is 1. The molecule has 0 aliphatic rings. The highest BCUT2D eigenvalue weighted by atomic mass is 32.1. The lowest BCUT2D eigenvalue weighted by atomic mass is 10.1. The van der Waals surface area contributed by atoms with Crippen LogP contribution >= 0.6 is 11.3 Å². The van der Waals surface area contributed by atoms with E-state index >= 15 is 0 Å². The standard InChI is InChI=1S/C12H17N3OS/c1-4-9(6-13)11(16)15-8(3)12-14-7-10(5-2)17-12/h7-9H,4-5H2,1-3H3,(H,15,16). The van der Waals surface area contributed by atoms with Crippen LogP contribution < -0.4 is 5.32 Å². The van der Waals surface area contributed by atoms with Gasteiger partial charge in [0.15, 0.2) is 0 Å². The molecule has 0 saturated carbocycles. The SMILES string of the molecule is CCc1cnc(C(C)NC(=O)C(C#N)CC)s1. The summed E-state index contributed by atoms with van der Waals surface area (Å²) >= 11 is 1.60. The molecule has 1 aromatic rings. The number of hydrogen-bond acceptors (Lipinski definition) is 4. The van der Waals surface area contributed by atoms with Crippen LogP contribution in [-0.2, 0) is 11.2 Å². The highest BCUT2D eigenvalue weighted by molar-refractivity contribution is 7.11. The van der Waals surface area contributed by atoms with Gasteiger partial charge in [-0.05, 0) is 19.8 Å². The molecule has 92 valence electrons. The molecule has 4 nitrogen and oxygen atoms in total. The minimum atomic E-state index is -0.567. The molecule has 5 heteroatoms. The fraction of sp³-hybridized carbons (Fsp3) is 0.583. The number of nitrogens with zero attached hydrogens (tertiary/aromatic N) is 2. The van der Waals surface area contributed by atoms with Crippen molar-refractivity contribution in [2.75, 3.05) is 0 Å². The summed E-state index contributed by atoms with van der Waals surface area (Å²) in [5, 5.41) is 12.5. The first kappa shape index (κ1) is 13.7. The summed E-state index contributed by atoms with van der Waals surface area (Å²) < 4.78 is 0. The Kier molecular flexibility index (Phi) is 5.11. The predicted octanol–water partition coefficient (Wildman–Crippen LogP) is 2.43. The van der Waals surface area contributed by atoms with Gasteiger partial charge in [-0.15, -0.1) is 11.3 Å². The van der Waals surface area contributed by atoms with Crippen LogP contribution in [0.3, 0.4) is 0 Å². The first-order chi connectivity index (χ1) is 8.12. The number of carbonyl (C=O) groups is 1. The van der Waals surface area contributed by atoms with E-state index < -0.39 is 5.92 Å². The van der Waals surface area contributed by atoms with Gasteiger partial charge in [0.2, 0.25) is 5.91 Å². The van der Waals surface area contributed by atoms with E-state index in [9.17, 15) is 4.79 Å². The minimum Gasteiger partial charge on any atom is -0.346 e. The fourth-order valence-corrected chi connectivity index (χ4v) is 2.26. The smallest absolute Gasteiger partial charge is 0.237 e. The van der Waals surface area contributed by atoms with Crippen LogP contribution in [0.15, 0.2) is 6.20 Å². The highest BCUT2D eigenvalue weighted by Gasteiger charge is 2.19. The van der Waals surface area contributed by atoms with Gasteiger partial charge in [-0.25, -0.2) is 4.98 Å². The van der Waals surface area contributed by atoms with Gasteiger partial charge >= 0.3 is 0 Å². The third-order valence-corrected chi connectivity index (χ3v) is 3.85. The van der Waals surface area contributed by atoms with E-state index in [1.165, 1.54) is 4.88 Å². The van der Waals surface area contributed by atoms with Crippen molar-refractivity contribution in [2.45, 2.75) is 39.7 Å². The van der Waals surface area contributed by atoms with Crippen LogP contribution in [0.1, 0.15) is 43.1 Å². The fourth-order valence-electron chi connectivity index (χ4n) is 1.40. The van der Waals surface area contributed by atoms with E-state index in [0.29, 0.717) is 6.42 Å². The van der Waals surface area contributed by atoms with E-state index in [4.69, 9.17) is 5.26 Å². The normalized spacial score (nSPS) is 13.8. The van der Waals surface area contributed by atoms with Crippen molar-refractivity contribution in [1.82, 2.24) is 10.3 Å². The molecule has 1 N–H and O–H groups in total. The Morgan fingerprint density at radius 2 is 2.35 bits per heavy atom. The number of thiazole rings is 1. The molecule has 1 rings (SSSR count). The molecule has 1 aromatic heterocycles. The summed E-state index contributed by atoms with van der Waals surface area (Å²) in [4.78, 5) is 17.2.